The standard InChI is InChI=1S/C20H26O/c1-20(2,3)17-9-12-18(13-10-17)21-19-11-8-15-6-4-5-7-16(15)14-19/h4-8,11,14,17-18H,9-10,12-13H2,1-3H3. The summed E-state index contributed by atoms with van der Waals surface area (Å²) in [7, 11) is 0. The van der Waals surface area contributed by atoms with Crippen LogP contribution < -0.4 is 4.74 Å². The van der Waals surface area contributed by atoms with E-state index in [1.807, 2.05) is 0 Å². The highest BCUT2D eigenvalue weighted by Gasteiger charge is 2.30. The number of fused-ring (bicyclic) bond motifs is 1. The second kappa shape index (κ2) is 5.71. The van der Waals surface area contributed by atoms with Crippen molar-refractivity contribution < 1.29 is 4.74 Å². The van der Waals surface area contributed by atoms with E-state index in [0.29, 0.717) is 11.5 Å². The first-order chi connectivity index (χ1) is 10.0. The highest BCUT2D eigenvalue weighted by Crippen LogP contribution is 2.38. The topological polar surface area (TPSA) is 9.23 Å². The Labute approximate surface area is 128 Å². The van der Waals surface area contributed by atoms with Crippen molar-refractivity contribution in [1.29, 1.82) is 0 Å². The average molecular weight is 282 g/mol. The fourth-order valence-corrected chi connectivity index (χ4v) is 3.48. The van der Waals surface area contributed by atoms with Crippen LogP contribution in [0.15, 0.2) is 42.5 Å². The van der Waals surface area contributed by atoms with Crippen LogP contribution in [0.2, 0.25) is 0 Å². The van der Waals surface area contributed by atoms with Crippen LogP contribution in [0, 0.1) is 11.3 Å². The number of benzene rings is 2. The zero-order valence-electron chi connectivity index (χ0n) is 13.4. The third-order valence-electron chi connectivity index (χ3n) is 4.92. The van der Waals surface area contributed by atoms with Crippen LogP contribution in [0.3, 0.4) is 0 Å². The lowest BCUT2D eigenvalue weighted by atomic mass is 9.72. The monoisotopic (exact) mass is 282 g/mol. The summed E-state index contributed by atoms with van der Waals surface area (Å²) in [6.07, 6.45) is 5.36. The van der Waals surface area contributed by atoms with Crippen molar-refractivity contribution in [2.24, 2.45) is 11.3 Å². The molecule has 0 unspecified atom stereocenters. The second-order valence-electron chi connectivity index (χ2n) is 7.47. The Morgan fingerprint density at radius 2 is 1.52 bits per heavy atom. The molecule has 0 saturated heterocycles. The van der Waals surface area contributed by atoms with Crippen LogP contribution >= 0.6 is 0 Å². The van der Waals surface area contributed by atoms with Gasteiger partial charge in [-0.2, -0.15) is 0 Å². The highest BCUT2D eigenvalue weighted by molar-refractivity contribution is 5.83. The van der Waals surface area contributed by atoms with E-state index >= 15 is 0 Å². The molecule has 0 amide bonds. The van der Waals surface area contributed by atoms with E-state index in [0.717, 1.165) is 11.7 Å². The Bertz CT molecular complexity index is 601. The maximum atomic E-state index is 6.22. The minimum absolute atomic E-state index is 0.393. The van der Waals surface area contributed by atoms with Crippen LogP contribution in [0.5, 0.6) is 5.75 Å². The quantitative estimate of drug-likeness (QED) is 0.674. The van der Waals surface area contributed by atoms with Gasteiger partial charge >= 0.3 is 0 Å². The van der Waals surface area contributed by atoms with E-state index in [4.69, 9.17) is 4.74 Å². The normalized spacial score (nSPS) is 23.2. The summed E-state index contributed by atoms with van der Waals surface area (Å²) in [5.41, 5.74) is 0.438. The SMILES string of the molecule is CC(C)(C)C1CCC(Oc2ccc3ccccc3c2)CC1. The molecule has 0 spiro atoms. The molecule has 1 fully saturated rings. The molecule has 1 saturated carbocycles. The van der Waals surface area contributed by atoms with Gasteiger partial charge in [-0.15, -0.1) is 0 Å². The van der Waals surface area contributed by atoms with Gasteiger partial charge in [-0.1, -0.05) is 51.1 Å². The van der Waals surface area contributed by atoms with Gasteiger partial charge in [0.1, 0.15) is 5.75 Å². The van der Waals surface area contributed by atoms with Gasteiger partial charge in [0.25, 0.3) is 0 Å². The van der Waals surface area contributed by atoms with Gasteiger partial charge in [-0.05, 0) is 59.9 Å². The van der Waals surface area contributed by atoms with E-state index in [2.05, 4.69) is 63.2 Å². The predicted molar refractivity (Wildman–Crippen MR) is 89.8 cm³/mol. The Morgan fingerprint density at radius 1 is 0.857 bits per heavy atom. The Morgan fingerprint density at radius 3 is 2.19 bits per heavy atom. The van der Waals surface area contributed by atoms with Crippen molar-refractivity contribution in [3.05, 3.63) is 42.5 Å². The van der Waals surface area contributed by atoms with Crippen molar-refractivity contribution in [2.75, 3.05) is 0 Å². The summed E-state index contributed by atoms with van der Waals surface area (Å²) in [4.78, 5) is 0. The number of rotatable bonds is 2. The zero-order chi connectivity index (χ0) is 14.9. The third-order valence-corrected chi connectivity index (χ3v) is 4.92. The van der Waals surface area contributed by atoms with E-state index in [-0.39, 0.29) is 0 Å². The summed E-state index contributed by atoms with van der Waals surface area (Å²) in [5.74, 6) is 1.86. The van der Waals surface area contributed by atoms with Gasteiger partial charge < -0.3 is 4.74 Å². The molecule has 1 aliphatic rings. The fraction of sp³-hybridized carbons (Fsp3) is 0.500. The molecule has 3 rings (SSSR count). The molecule has 0 aromatic heterocycles. The van der Waals surface area contributed by atoms with E-state index in [1.165, 1.54) is 36.5 Å². The van der Waals surface area contributed by atoms with E-state index < -0.39 is 0 Å². The van der Waals surface area contributed by atoms with Crippen LogP contribution in [0.4, 0.5) is 0 Å². The molecule has 0 bridgehead atoms. The number of hydrogen-bond acceptors (Lipinski definition) is 1. The summed E-state index contributed by atoms with van der Waals surface area (Å²) in [6, 6.07) is 14.9. The smallest absolute Gasteiger partial charge is 0.120 e. The molecule has 2 aromatic carbocycles. The van der Waals surface area contributed by atoms with Crippen LogP contribution in [0.25, 0.3) is 10.8 Å². The van der Waals surface area contributed by atoms with Crippen molar-refractivity contribution in [1.82, 2.24) is 0 Å². The number of ether oxygens (including phenoxy) is 1. The van der Waals surface area contributed by atoms with E-state index in [1.54, 1.807) is 0 Å². The maximum Gasteiger partial charge on any atom is 0.120 e. The highest BCUT2D eigenvalue weighted by atomic mass is 16.5. The van der Waals surface area contributed by atoms with Gasteiger partial charge in [0, 0.05) is 0 Å². The first kappa shape index (κ1) is 14.4. The zero-order valence-corrected chi connectivity index (χ0v) is 13.4. The second-order valence-corrected chi connectivity index (χ2v) is 7.47. The van der Waals surface area contributed by atoms with Crippen molar-refractivity contribution in [2.45, 2.75) is 52.6 Å². The molecule has 1 aliphatic carbocycles. The Balaban J connectivity index is 1.64. The lowest BCUT2D eigenvalue weighted by Gasteiger charge is -2.36. The van der Waals surface area contributed by atoms with Crippen molar-refractivity contribution in [3.8, 4) is 5.75 Å². The first-order valence-corrected chi connectivity index (χ1v) is 8.18. The summed E-state index contributed by atoms with van der Waals surface area (Å²) in [6.45, 7) is 7.09. The molecule has 1 nitrogen and oxygen atoms in total. The summed E-state index contributed by atoms with van der Waals surface area (Å²) in [5, 5.41) is 2.54. The molecular formula is C20H26O. The summed E-state index contributed by atoms with van der Waals surface area (Å²) < 4.78 is 6.22. The molecule has 112 valence electrons. The van der Waals surface area contributed by atoms with Gasteiger partial charge in [-0.3, -0.25) is 0 Å². The molecule has 0 radical (unpaired) electrons. The largest absolute Gasteiger partial charge is 0.490 e. The minimum Gasteiger partial charge on any atom is -0.490 e. The molecular weight excluding hydrogens is 256 g/mol. The first-order valence-electron chi connectivity index (χ1n) is 8.18. The Hall–Kier alpha value is -1.50. The van der Waals surface area contributed by atoms with Crippen LogP contribution in [-0.4, -0.2) is 6.10 Å². The molecule has 0 aliphatic heterocycles. The molecule has 1 heteroatoms. The van der Waals surface area contributed by atoms with Gasteiger partial charge in [-0.25, -0.2) is 0 Å². The fourth-order valence-electron chi connectivity index (χ4n) is 3.48. The van der Waals surface area contributed by atoms with Gasteiger partial charge in [0.2, 0.25) is 0 Å². The molecule has 0 N–H and O–H groups in total. The Kier molecular flexibility index (Phi) is 3.93. The lowest BCUT2D eigenvalue weighted by Crippen LogP contribution is -2.30. The van der Waals surface area contributed by atoms with Gasteiger partial charge in [0.05, 0.1) is 6.10 Å². The molecule has 2 aromatic rings. The minimum atomic E-state index is 0.393. The van der Waals surface area contributed by atoms with E-state index in [9.17, 15) is 0 Å². The molecule has 21 heavy (non-hydrogen) atoms. The predicted octanol–water partition coefficient (Wildman–Crippen LogP) is 5.82. The van der Waals surface area contributed by atoms with Crippen molar-refractivity contribution >= 4 is 10.8 Å². The number of hydrogen-bond donors (Lipinski definition) is 0. The summed E-state index contributed by atoms with van der Waals surface area (Å²) >= 11 is 0. The third kappa shape index (κ3) is 3.40. The lowest BCUT2D eigenvalue weighted by molar-refractivity contribution is 0.0883. The van der Waals surface area contributed by atoms with Crippen molar-refractivity contribution in [3.63, 3.8) is 0 Å². The molecule has 0 atom stereocenters. The average Bonchev–Trinajstić information content (AvgIpc) is 2.47. The maximum absolute atomic E-state index is 6.22. The van der Waals surface area contributed by atoms with Crippen LogP contribution in [-0.2, 0) is 0 Å². The molecule has 0 heterocycles. The van der Waals surface area contributed by atoms with Crippen LogP contribution in [0.1, 0.15) is 46.5 Å². The van der Waals surface area contributed by atoms with Gasteiger partial charge in [0.15, 0.2) is 0 Å².